The molecule has 0 radical (unpaired) electrons. The van der Waals surface area contributed by atoms with E-state index in [9.17, 15) is 14.7 Å². The number of hydrogen-bond donors (Lipinski definition) is 1. The first kappa shape index (κ1) is 20.8. The van der Waals surface area contributed by atoms with Gasteiger partial charge in [0.15, 0.2) is 0 Å². The molecule has 1 aliphatic rings. The fourth-order valence-corrected chi connectivity index (χ4v) is 2.98. The van der Waals surface area contributed by atoms with Gasteiger partial charge in [0.05, 0.1) is 0 Å². The number of benzene rings is 1. The second-order valence-corrected chi connectivity index (χ2v) is 6.43. The predicted octanol–water partition coefficient (Wildman–Crippen LogP) is 2.37. The smallest absolute Gasteiger partial charge is 0.298 e. The molecular formula is C22H22N4O4. The normalized spacial score (nSPS) is 13.1. The van der Waals surface area contributed by atoms with Gasteiger partial charge in [0.25, 0.3) is 12.4 Å². The van der Waals surface area contributed by atoms with Crippen LogP contribution < -0.4 is 9.64 Å². The summed E-state index contributed by atoms with van der Waals surface area (Å²) in [6.45, 7) is 3.36. The standard InChI is InChI=1S/C16H17N3O2.C6H5NO2/c20-15-3-1-14(2-4-15)18-9-11-19(12-10-18)16(21)13-5-7-17-8-6-13;8-5-9-6-1-3-7-4-2-6/h1-8,20H,9-12H2;1-5H. The number of ether oxygens (including phenoxy) is 1. The lowest BCUT2D eigenvalue weighted by atomic mass is 10.2. The van der Waals surface area contributed by atoms with Crippen LogP contribution in [0.3, 0.4) is 0 Å². The molecule has 0 saturated carbocycles. The Kier molecular flexibility index (Phi) is 7.32. The molecule has 1 saturated heterocycles. The number of phenolic OH excluding ortho intramolecular Hbond substituents is 1. The van der Waals surface area contributed by atoms with Crippen molar-refractivity contribution in [3.05, 3.63) is 78.9 Å². The Morgan fingerprint density at radius 2 is 1.43 bits per heavy atom. The molecule has 3 heterocycles. The molecule has 1 fully saturated rings. The fourth-order valence-electron chi connectivity index (χ4n) is 2.98. The zero-order valence-electron chi connectivity index (χ0n) is 16.3. The number of anilines is 1. The maximum absolute atomic E-state index is 12.3. The Morgan fingerprint density at radius 3 is 2.00 bits per heavy atom. The third-order valence-electron chi connectivity index (χ3n) is 4.54. The number of nitrogens with zero attached hydrogens (tertiary/aromatic N) is 4. The number of aromatic nitrogens is 2. The van der Waals surface area contributed by atoms with E-state index in [0.717, 1.165) is 18.8 Å². The monoisotopic (exact) mass is 406 g/mol. The zero-order chi connectivity index (χ0) is 21.2. The highest BCUT2D eigenvalue weighted by molar-refractivity contribution is 5.94. The molecule has 154 valence electrons. The summed E-state index contributed by atoms with van der Waals surface area (Å²) < 4.78 is 4.49. The number of rotatable bonds is 4. The van der Waals surface area contributed by atoms with Gasteiger partial charge >= 0.3 is 0 Å². The largest absolute Gasteiger partial charge is 0.508 e. The van der Waals surface area contributed by atoms with Crippen LogP contribution >= 0.6 is 0 Å². The molecule has 2 aromatic heterocycles. The third-order valence-corrected chi connectivity index (χ3v) is 4.54. The summed E-state index contributed by atoms with van der Waals surface area (Å²) in [4.78, 5) is 33.8. The van der Waals surface area contributed by atoms with E-state index in [1.807, 2.05) is 17.0 Å². The summed E-state index contributed by atoms with van der Waals surface area (Å²) >= 11 is 0. The van der Waals surface area contributed by atoms with Crippen molar-refractivity contribution in [1.82, 2.24) is 14.9 Å². The molecule has 0 aliphatic carbocycles. The summed E-state index contributed by atoms with van der Waals surface area (Å²) in [5, 5.41) is 9.32. The number of carbonyl (C=O) groups is 2. The van der Waals surface area contributed by atoms with Crippen LogP contribution in [0.2, 0.25) is 0 Å². The van der Waals surface area contributed by atoms with Gasteiger partial charge < -0.3 is 19.6 Å². The number of amides is 1. The quantitative estimate of drug-likeness (QED) is 0.665. The van der Waals surface area contributed by atoms with Gasteiger partial charge in [0.2, 0.25) is 0 Å². The Hall–Kier alpha value is -3.94. The van der Waals surface area contributed by atoms with Gasteiger partial charge in [-0.15, -0.1) is 0 Å². The molecule has 8 heteroatoms. The number of hydrogen-bond acceptors (Lipinski definition) is 7. The van der Waals surface area contributed by atoms with Crippen molar-refractivity contribution in [2.24, 2.45) is 0 Å². The highest BCUT2D eigenvalue weighted by atomic mass is 16.5. The Balaban J connectivity index is 0.000000239. The SMILES string of the molecule is O=C(c1ccncc1)N1CCN(c2ccc(O)cc2)CC1.O=COc1ccncc1. The second kappa shape index (κ2) is 10.6. The fraction of sp³-hybridized carbons (Fsp3) is 0.182. The number of piperazine rings is 1. The number of pyridine rings is 2. The Labute approximate surface area is 174 Å². The van der Waals surface area contributed by atoms with Crippen LogP contribution in [-0.4, -0.2) is 58.5 Å². The van der Waals surface area contributed by atoms with Crippen LogP contribution in [-0.2, 0) is 4.79 Å². The Morgan fingerprint density at radius 1 is 0.867 bits per heavy atom. The summed E-state index contributed by atoms with van der Waals surface area (Å²) in [5.74, 6) is 0.841. The predicted molar refractivity (Wildman–Crippen MR) is 111 cm³/mol. The number of carbonyl (C=O) groups excluding carboxylic acids is 2. The lowest BCUT2D eigenvalue weighted by molar-refractivity contribution is -0.120. The molecule has 1 amide bonds. The molecule has 30 heavy (non-hydrogen) atoms. The van der Waals surface area contributed by atoms with E-state index in [4.69, 9.17) is 0 Å². The van der Waals surface area contributed by atoms with Crippen molar-refractivity contribution < 1.29 is 19.4 Å². The lowest BCUT2D eigenvalue weighted by Crippen LogP contribution is -2.48. The second-order valence-electron chi connectivity index (χ2n) is 6.43. The minimum Gasteiger partial charge on any atom is -0.508 e. The van der Waals surface area contributed by atoms with Crippen LogP contribution in [0, 0.1) is 0 Å². The molecule has 8 nitrogen and oxygen atoms in total. The molecule has 4 rings (SSSR count). The van der Waals surface area contributed by atoms with E-state index in [1.165, 1.54) is 0 Å². The van der Waals surface area contributed by atoms with E-state index < -0.39 is 0 Å². The van der Waals surface area contributed by atoms with Gasteiger partial charge in [0.1, 0.15) is 11.5 Å². The van der Waals surface area contributed by atoms with E-state index in [-0.39, 0.29) is 11.7 Å². The first-order chi connectivity index (χ1) is 14.7. The van der Waals surface area contributed by atoms with Crippen molar-refractivity contribution in [2.75, 3.05) is 31.1 Å². The summed E-state index contributed by atoms with van der Waals surface area (Å²) in [6, 6.07) is 13.9. The highest BCUT2D eigenvalue weighted by Gasteiger charge is 2.22. The van der Waals surface area contributed by atoms with Crippen molar-refractivity contribution in [3.8, 4) is 11.5 Å². The topological polar surface area (TPSA) is 95.9 Å². The van der Waals surface area contributed by atoms with Crippen molar-refractivity contribution in [2.45, 2.75) is 0 Å². The number of phenols is 1. The molecule has 1 N–H and O–H groups in total. The minimum absolute atomic E-state index is 0.0581. The average molecular weight is 406 g/mol. The molecule has 1 aromatic carbocycles. The molecule has 0 unspecified atom stereocenters. The summed E-state index contributed by atoms with van der Waals surface area (Å²) in [5.41, 5.74) is 1.76. The zero-order valence-corrected chi connectivity index (χ0v) is 16.3. The highest BCUT2D eigenvalue weighted by Crippen LogP contribution is 2.20. The van der Waals surface area contributed by atoms with Gasteiger partial charge in [-0.25, -0.2) is 0 Å². The van der Waals surface area contributed by atoms with Crippen LogP contribution in [0.1, 0.15) is 10.4 Å². The van der Waals surface area contributed by atoms with E-state index in [2.05, 4.69) is 19.6 Å². The minimum atomic E-state index is 0.0581. The van der Waals surface area contributed by atoms with Gasteiger partial charge in [-0.05, 0) is 48.5 Å². The van der Waals surface area contributed by atoms with Crippen molar-refractivity contribution in [3.63, 3.8) is 0 Å². The molecule has 0 bridgehead atoms. The molecule has 0 atom stereocenters. The third kappa shape index (κ3) is 5.78. The average Bonchev–Trinajstić information content (AvgIpc) is 2.81. The van der Waals surface area contributed by atoms with Crippen LogP contribution in [0.25, 0.3) is 0 Å². The van der Waals surface area contributed by atoms with Crippen molar-refractivity contribution >= 4 is 18.1 Å². The van der Waals surface area contributed by atoms with E-state index in [0.29, 0.717) is 30.9 Å². The van der Waals surface area contributed by atoms with Crippen LogP contribution in [0.15, 0.2) is 73.3 Å². The first-order valence-corrected chi connectivity index (χ1v) is 9.41. The molecule has 0 spiro atoms. The van der Waals surface area contributed by atoms with Gasteiger partial charge in [-0.2, -0.15) is 0 Å². The van der Waals surface area contributed by atoms with E-state index in [1.54, 1.807) is 61.2 Å². The van der Waals surface area contributed by atoms with Gasteiger partial charge in [-0.1, -0.05) is 0 Å². The summed E-state index contributed by atoms with van der Waals surface area (Å²) in [6.07, 6.45) is 6.39. The molecule has 1 aliphatic heterocycles. The van der Waals surface area contributed by atoms with Crippen LogP contribution in [0.5, 0.6) is 11.5 Å². The summed E-state index contributed by atoms with van der Waals surface area (Å²) in [7, 11) is 0. The van der Waals surface area contributed by atoms with Crippen LogP contribution in [0.4, 0.5) is 5.69 Å². The number of aromatic hydroxyl groups is 1. The maximum atomic E-state index is 12.3. The van der Waals surface area contributed by atoms with E-state index >= 15 is 0 Å². The van der Waals surface area contributed by atoms with Gasteiger partial charge in [-0.3, -0.25) is 19.6 Å². The molecular weight excluding hydrogens is 384 g/mol. The molecule has 3 aromatic rings. The lowest BCUT2D eigenvalue weighted by Gasteiger charge is -2.36. The Bertz CT molecular complexity index is 928. The first-order valence-electron chi connectivity index (χ1n) is 9.41. The van der Waals surface area contributed by atoms with Crippen molar-refractivity contribution in [1.29, 1.82) is 0 Å². The maximum Gasteiger partial charge on any atom is 0.298 e. The van der Waals surface area contributed by atoms with Gasteiger partial charge in [0, 0.05) is 62.2 Å².